The molecule has 0 atom stereocenters. The number of aromatic amines is 1. The molecule has 2 heterocycles. The van der Waals surface area contributed by atoms with Crippen molar-refractivity contribution < 1.29 is 8.42 Å². The molecule has 0 bridgehead atoms. The third-order valence-corrected chi connectivity index (χ3v) is 6.27. The summed E-state index contributed by atoms with van der Waals surface area (Å²) in [6.45, 7) is 0. The summed E-state index contributed by atoms with van der Waals surface area (Å²) in [4.78, 5) is 4.41. The van der Waals surface area contributed by atoms with Crippen molar-refractivity contribution in [1.82, 2.24) is 14.2 Å². The van der Waals surface area contributed by atoms with Crippen LogP contribution in [0, 0.1) is 11.3 Å². The minimum Gasteiger partial charge on any atom is -0.338 e. The predicted octanol–water partition coefficient (Wildman–Crippen LogP) is 4.47. The van der Waals surface area contributed by atoms with Crippen LogP contribution in [0.4, 0.5) is 17.3 Å². The molecule has 4 rings (SSSR count). The van der Waals surface area contributed by atoms with Gasteiger partial charge in [0.1, 0.15) is 11.6 Å². The fraction of sp³-hybridized carbons (Fsp3) is 0. The largest absolute Gasteiger partial charge is 0.338 e. The van der Waals surface area contributed by atoms with Crippen LogP contribution in [0.2, 0.25) is 5.02 Å². The molecule has 0 spiro atoms. The van der Waals surface area contributed by atoms with Gasteiger partial charge in [-0.1, -0.05) is 35.9 Å². The van der Waals surface area contributed by atoms with Gasteiger partial charge in [0, 0.05) is 16.9 Å². The van der Waals surface area contributed by atoms with Gasteiger partial charge in [-0.3, -0.25) is 5.10 Å². The standard InChI is InChI=1S/C21H15ClN6O2S/c22-15-6-4-7-16(12-15)25-21-19(13-23)20(26-27-21)24-14-17-8-5-11-28(17)31(29,30)18-9-2-1-3-10-18/h1-12,14H,(H2,25,26,27)/b24-14+. The van der Waals surface area contributed by atoms with E-state index in [0.29, 0.717) is 16.4 Å². The third-order valence-electron chi connectivity index (χ3n) is 4.32. The van der Waals surface area contributed by atoms with E-state index >= 15 is 0 Å². The Labute approximate surface area is 183 Å². The predicted molar refractivity (Wildman–Crippen MR) is 119 cm³/mol. The zero-order valence-corrected chi connectivity index (χ0v) is 17.5. The van der Waals surface area contributed by atoms with Gasteiger partial charge in [-0.05, 0) is 42.5 Å². The van der Waals surface area contributed by atoms with Gasteiger partial charge < -0.3 is 5.32 Å². The molecule has 0 amide bonds. The first-order valence-corrected chi connectivity index (χ1v) is 10.8. The van der Waals surface area contributed by atoms with Crippen LogP contribution in [0.3, 0.4) is 0 Å². The molecule has 0 saturated heterocycles. The second kappa shape index (κ2) is 8.47. The van der Waals surface area contributed by atoms with Crippen LogP contribution in [0.5, 0.6) is 0 Å². The molecule has 154 valence electrons. The maximum atomic E-state index is 12.9. The number of H-pyrrole nitrogens is 1. The van der Waals surface area contributed by atoms with Crippen molar-refractivity contribution in [2.45, 2.75) is 4.90 Å². The highest BCUT2D eigenvalue weighted by Crippen LogP contribution is 2.27. The number of anilines is 2. The average molecular weight is 451 g/mol. The normalized spacial score (nSPS) is 11.5. The molecule has 0 saturated carbocycles. The van der Waals surface area contributed by atoms with Crippen molar-refractivity contribution in [3.8, 4) is 6.07 Å². The average Bonchev–Trinajstić information content (AvgIpc) is 3.40. The Morgan fingerprint density at radius 2 is 1.94 bits per heavy atom. The first-order valence-electron chi connectivity index (χ1n) is 9.02. The quantitative estimate of drug-likeness (QED) is 0.420. The molecule has 2 aromatic carbocycles. The van der Waals surface area contributed by atoms with E-state index in [1.54, 1.807) is 54.6 Å². The van der Waals surface area contributed by atoms with Gasteiger partial charge in [0.05, 0.1) is 16.8 Å². The molecule has 0 aliphatic rings. The number of hydrogen-bond donors (Lipinski definition) is 2. The molecule has 2 aromatic heterocycles. The number of hydrogen-bond acceptors (Lipinski definition) is 6. The lowest BCUT2D eigenvalue weighted by Gasteiger charge is -2.07. The minimum atomic E-state index is -3.78. The lowest BCUT2D eigenvalue weighted by Crippen LogP contribution is -2.14. The Bertz CT molecular complexity index is 1400. The van der Waals surface area contributed by atoms with Crippen LogP contribution >= 0.6 is 11.6 Å². The Morgan fingerprint density at radius 1 is 1.13 bits per heavy atom. The van der Waals surface area contributed by atoms with Crippen molar-refractivity contribution in [3.05, 3.63) is 89.2 Å². The van der Waals surface area contributed by atoms with E-state index < -0.39 is 10.0 Å². The number of aliphatic imine (C=N–C) groups is 1. The third kappa shape index (κ3) is 4.21. The lowest BCUT2D eigenvalue weighted by molar-refractivity contribution is 0.587. The molecule has 0 aliphatic heterocycles. The van der Waals surface area contributed by atoms with Crippen LogP contribution in [-0.4, -0.2) is 28.8 Å². The van der Waals surface area contributed by atoms with E-state index in [2.05, 4.69) is 26.6 Å². The topological polar surface area (TPSA) is 116 Å². The molecule has 0 radical (unpaired) electrons. The molecule has 0 aliphatic carbocycles. The molecule has 0 fully saturated rings. The number of rotatable bonds is 6. The molecule has 8 nitrogen and oxygen atoms in total. The molecular weight excluding hydrogens is 436 g/mol. The van der Waals surface area contributed by atoms with E-state index in [9.17, 15) is 13.7 Å². The summed E-state index contributed by atoms with van der Waals surface area (Å²) in [5.74, 6) is 0.473. The van der Waals surface area contributed by atoms with Gasteiger partial charge in [-0.2, -0.15) is 10.4 Å². The van der Waals surface area contributed by atoms with Crippen LogP contribution in [-0.2, 0) is 10.0 Å². The summed E-state index contributed by atoms with van der Waals surface area (Å²) in [7, 11) is -3.78. The first kappa shape index (κ1) is 20.4. The number of benzene rings is 2. The summed E-state index contributed by atoms with van der Waals surface area (Å²) < 4.78 is 26.9. The fourth-order valence-electron chi connectivity index (χ4n) is 2.86. The van der Waals surface area contributed by atoms with Gasteiger partial charge in [-0.15, -0.1) is 0 Å². The van der Waals surface area contributed by atoms with Crippen molar-refractivity contribution >= 4 is 45.2 Å². The highest BCUT2D eigenvalue weighted by molar-refractivity contribution is 7.90. The van der Waals surface area contributed by atoms with E-state index in [0.717, 1.165) is 3.97 Å². The highest BCUT2D eigenvalue weighted by Gasteiger charge is 2.18. The van der Waals surface area contributed by atoms with Crippen molar-refractivity contribution in [2.24, 2.45) is 4.99 Å². The maximum Gasteiger partial charge on any atom is 0.268 e. The van der Waals surface area contributed by atoms with Crippen LogP contribution in [0.25, 0.3) is 0 Å². The minimum absolute atomic E-state index is 0.160. The van der Waals surface area contributed by atoms with E-state index in [1.807, 2.05) is 0 Å². The number of halogens is 1. The maximum absolute atomic E-state index is 12.9. The molecule has 31 heavy (non-hydrogen) atoms. The Kier molecular flexibility index (Phi) is 5.58. The molecule has 10 heteroatoms. The van der Waals surface area contributed by atoms with Crippen LogP contribution in [0.15, 0.2) is 82.8 Å². The van der Waals surface area contributed by atoms with Crippen molar-refractivity contribution in [1.29, 1.82) is 5.26 Å². The summed E-state index contributed by atoms with van der Waals surface area (Å²) >= 11 is 5.98. The molecular formula is C21H15ClN6O2S. The van der Waals surface area contributed by atoms with Gasteiger partial charge in [0.15, 0.2) is 11.6 Å². The first-order chi connectivity index (χ1) is 15.0. The van der Waals surface area contributed by atoms with Gasteiger partial charge in [0.25, 0.3) is 10.0 Å². The zero-order chi connectivity index (χ0) is 21.8. The van der Waals surface area contributed by atoms with E-state index in [1.165, 1.54) is 24.5 Å². The molecule has 2 N–H and O–H groups in total. The monoisotopic (exact) mass is 450 g/mol. The highest BCUT2D eigenvalue weighted by atomic mass is 35.5. The zero-order valence-electron chi connectivity index (χ0n) is 15.9. The smallest absolute Gasteiger partial charge is 0.268 e. The number of nitriles is 1. The van der Waals surface area contributed by atoms with E-state index in [4.69, 9.17) is 11.6 Å². The van der Waals surface area contributed by atoms with Crippen LogP contribution < -0.4 is 5.32 Å². The Hall–Kier alpha value is -3.87. The summed E-state index contributed by atoms with van der Waals surface area (Å²) in [6, 6.07) is 20.3. The van der Waals surface area contributed by atoms with Crippen LogP contribution in [0.1, 0.15) is 11.3 Å². The molecule has 4 aromatic rings. The van der Waals surface area contributed by atoms with Crippen molar-refractivity contribution in [2.75, 3.05) is 5.32 Å². The Balaban J connectivity index is 1.63. The van der Waals surface area contributed by atoms with E-state index in [-0.39, 0.29) is 22.1 Å². The summed E-state index contributed by atoms with van der Waals surface area (Å²) in [6.07, 6.45) is 2.80. The SMILES string of the molecule is N#Cc1c(Nc2cccc(Cl)c2)n[nH]c1/N=C/c1cccn1S(=O)(=O)c1ccccc1. The molecule has 0 unspecified atom stereocenters. The van der Waals surface area contributed by atoms with Gasteiger partial charge in [0.2, 0.25) is 0 Å². The number of nitrogens with one attached hydrogen (secondary N) is 2. The fourth-order valence-corrected chi connectivity index (χ4v) is 4.39. The summed E-state index contributed by atoms with van der Waals surface area (Å²) in [5.41, 5.74) is 1.17. The van der Waals surface area contributed by atoms with Gasteiger partial charge >= 0.3 is 0 Å². The second-order valence-corrected chi connectivity index (χ2v) is 8.60. The van der Waals surface area contributed by atoms with Gasteiger partial charge in [-0.25, -0.2) is 17.4 Å². The lowest BCUT2D eigenvalue weighted by atomic mass is 10.3. The number of nitrogens with zero attached hydrogens (tertiary/aromatic N) is 4. The number of aromatic nitrogens is 3. The second-order valence-electron chi connectivity index (χ2n) is 6.35. The van der Waals surface area contributed by atoms with Crippen molar-refractivity contribution in [3.63, 3.8) is 0 Å². The summed E-state index contributed by atoms with van der Waals surface area (Å²) in [5, 5.41) is 19.9. The Morgan fingerprint density at radius 3 is 2.68 bits per heavy atom.